The SMILES string of the molecule is Cc1ncc(C(=O)N(C)CC2CCCc3sc(C)nc32)c(C)n1. The van der Waals surface area contributed by atoms with Gasteiger partial charge in [0, 0.05) is 30.6 Å². The lowest BCUT2D eigenvalue weighted by Crippen LogP contribution is -2.33. The summed E-state index contributed by atoms with van der Waals surface area (Å²) < 4.78 is 0. The fourth-order valence-corrected chi connectivity index (χ4v) is 4.28. The quantitative estimate of drug-likeness (QED) is 0.868. The van der Waals surface area contributed by atoms with E-state index in [0.29, 0.717) is 23.9 Å². The maximum atomic E-state index is 12.7. The van der Waals surface area contributed by atoms with Gasteiger partial charge in [-0.25, -0.2) is 15.0 Å². The lowest BCUT2D eigenvalue weighted by Gasteiger charge is -2.26. The van der Waals surface area contributed by atoms with Crippen molar-refractivity contribution in [3.63, 3.8) is 0 Å². The van der Waals surface area contributed by atoms with Gasteiger partial charge in [-0.15, -0.1) is 11.3 Å². The Hall–Kier alpha value is -1.82. The van der Waals surface area contributed by atoms with Gasteiger partial charge in [0.2, 0.25) is 0 Å². The van der Waals surface area contributed by atoms with Crippen LogP contribution < -0.4 is 0 Å². The molecule has 0 aliphatic heterocycles. The number of hydrogen-bond acceptors (Lipinski definition) is 5. The van der Waals surface area contributed by atoms with Crippen LogP contribution in [0.25, 0.3) is 0 Å². The molecule has 122 valence electrons. The number of nitrogens with zero attached hydrogens (tertiary/aromatic N) is 4. The van der Waals surface area contributed by atoms with Crippen molar-refractivity contribution in [3.8, 4) is 0 Å². The number of hydrogen-bond donors (Lipinski definition) is 0. The molecule has 0 aromatic carbocycles. The zero-order valence-corrected chi connectivity index (χ0v) is 14.9. The Bertz CT molecular complexity index is 740. The van der Waals surface area contributed by atoms with E-state index in [1.165, 1.54) is 17.0 Å². The molecule has 2 aromatic rings. The van der Waals surface area contributed by atoms with Crippen molar-refractivity contribution in [2.24, 2.45) is 0 Å². The predicted molar refractivity (Wildman–Crippen MR) is 91.0 cm³/mol. The van der Waals surface area contributed by atoms with Crippen LogP contribution in [-0.4, -0.2) is 39.4 Å². The van der Waals surface area contributed by atoms with Crippen LogP contribution in [-0.2, 0) is 6.42 Å². The summed E-state index contributed by atoms with van der Waals surface area (Å²) in [5, 5.41) is 1.12. The summed E-state index contributed by atoms with van der Waals surface area (Å²) in [5.74, 6) is 1.02. The lowest BCUT2D eigenvalue weighted by atomic mass is 9.90. The van der Waals surface area contributed by atoms with E-state index < -0.39 is 0 Å². The van der Waals surface area contributed by atoms with E-state index in [1.54, 1.807) is 22.4 Å². The Morgan fingerprint density at radius 2 is 2.13 bits per heavy atom. The molecule has 0 saturated carbocycles. The van der Waals surface area contributed by atoms with Crippen LogP contribution in [0.15, 0.2) is 6.20 Å². The highest BCUT2D eigenvalue weighted by Gasteiger charge is 2.27. The number of thiazole rings is 1. The van der Waals surface area contributed by atoms with Crippen molar-refractivity contribution in [3.05, 3.63) is 38.9 Å². The standard InChI is InChI=1S/C17H22N4OS/c1-10-14(8-18-11(2)19-10)17(22)21(4)9-13-6-5-7-15-16(13)20-12(3)23-15/h8,13H,5-7,9H2,1-4H3. The van der Waals surface area contributed by atoms with E-state index in [1.807, 2.05) is 20.9 Å². The Labute approximate surface area is 140 Å². The first kappa shape index (κ1) is 16.1. The first-order chi connectivity index (χ1) is 11.0. The maximum Gasteiger partial charge on any atom is 0.257 e. The monoisotopic (exact) mass is 330 g/mol. The van der Waals surface area contributed by atoms with Crippen molar-refractivity contribution in [1.29, 1.82) is 0 Å². The Morgan fingerprint density at radius 1 is 1.35 bits per heavy atom. The van der Waals surface area contributed by atoms with E-state index in [0.717, 1.165) is 23.5 Å². The highest BCUT2D eigenvalue weighted by Crippen LogP contribution is 2.35. The minimum Gasteiger partial charge on any atom is -0.341 e. The van der Waals surface area contributed by atoms with Gasteiger partial charge < -0.3 is 4.90 Å². The molecule has 0 radical (unpaired) electrons. The third-order valence-corrected chi connectivity index (χ3v) is 5.40. The number of carbonyl (C=O) groups excluding carboxylic acids is 1. The summed E-state index contributed by atoms with van der Waals surface area (Å²) in [6.07, 6.45) is 5.03. The fraction of sp³-hybridized carbons (Fsp3) is 0.529. The van der Waals surface area contributed by atoms with Crippen LogP contribution in [0.4, 0.5) is 0 Å². The fourth-order valence-electron chi connectivity index (χ4n) is 3.22. The number of rotatable bonds is 3. The van der Waals surface area contributed by atoms with Gasteiger partial charge in [0.1, 0.15) is 5.82 Å². The molecule has 2 aromatic heterocycles. The molecule has 0 bridgehead atoms. The number of likely N-dealkylation sites (N-methyl/N-ethyl adjacent to an activating group) is 1. The third-order valence-electron chi connectivity index (χ3n) is 4.35. The predicted octanol–water partition coefficient (Wildman–Crippen LogP) is 3.05. The van der Waals surface area contributed by atoms with Gasteiger partial charge >= 0.3 is 0 Å². The van der Waals surface area contributed by atoms with Gasteiger partial charge in [-0.3, -0.25) is 4.79 Å². The van der Waals surface area contributed by atoms with E-state index in [4.69, 9.17) is 4.98 Å². The molecule has 1 aliphatic rings. The molecule has 3 rings (SSSR count). The first-order valence-electron chi connectivity index (χ1n) is 7.97. The summed E-state index contributed by atoms with van der Waals surface area (Å²) in [4.78, 5) is 29.0. The molecule has 2 heterocycles. The number of aryl methyl sites for hydroxylation is 4. The zero-order valence-electron chi connectivity index (χ0n) is 14.1. The molecule has 0 N–H and O–H groups in total. The van der Waals surface area contributed by atoms with Gasteiger partial charge in [0.05, 0.1) is 22.0 Å². The minimum atomic E-state index is -0.0124. The third kappa shape index (κ3) is 3.27. The van der Waals surface area contributed by atoms with Crippen LogP contribution in [0.3, 0.4) is 0 Å². The average molecular weight is 330 g/mol. The second kappa shape index (κ2) is 6.35. The number of fused-ring (bicyclic) bond motifs is 1. The van der Waals surface area contributed by atoms with Gasteiger partial charge in [0.25, 0.3) is 5.91 Å². The second-order valence-electron chi connectivity index (χ2n) is 6.23. The van der Waals surface area contributed by atoms with Crippen molar-refractivity contribution in [2.45, 2.75) is 46.0 Å². The summed E-state index contributed by atoms with van der Waals surface area (Å²) in [6.45, 7) is 6.45. The molecular formula is C17H22N4OS. The average Bonchev–Trinajstić information content (AvgIpc) is 2.88. The van der Waals surface area contributed by atoms with Gasteiger partial charge in [0.15, 0.2) is 0 Å². The Kier molecular flexibility index (Phi) is 4.43. The summed E-state index contributed by atoms with van der Waals surface area (Å²) in [6, 6.07) is 0. The molecule has 1 atom stereocenters. The van der Waals surface area contributed by atoms with Crippen molar-refractivity contribution in [1.82, 2.24) is 19.9 Å². The molecular weight excluding hydrogens is 308 g/mol. The normalized spacial score (nSPS) is 17.0. The van der Waals surface area contributed by atoms with Crippen molar-refractivity contribution >= 4 is 17.2 Å². The zero-order chi connectivity index (χ0) is 16.6. The number of aromatic nitrogens is 3. The Balaban J connectivity index is 1.77. The molecule has 0 spiro atoms. The van der Waals surface area contributed by atoms with Gasteiger partial charge in [-0.1, -0.05) is 0 Å². The smallest absolute Gasteiger partial charge is 0.257 e. The van der Waals surface area contributed by atoms with Crippen LogP contribution in [0.2, 0.25) is 0 Å². The maximum absolute atomic E-state index is 12.7. The number of amides is 1. The van der Waals surface area contributed by atoms with Crippen molar-refractivity contribution < 1.29 is 4.79 Å². The van der Waals surface area contributed by atoms with Crippen LogP contribution >= 0.6 is 11.3 Å². The molecule has 0 fully saturated rings. The van der Waals surface area contributed by atoms with Gasteiger partial charge in [-0.05, 0) is 40.0 Å². The molecule has 1 amide bonds. The molecule has 1 unspecified atom stereocenters. The highest BCUT2D eigenvalue weighted by atomic mass is 32.1. The topological polar surface area (TPSA) is 59.0 Å². The summed E-state index contributed by atoms with van der Waals surface area (Å²) in [5.41, 5.74) is 2.53. The van der Waals surface area contributed by atoms with E-state index >= 15 is 0 Å². The lowest BCUT2D eigenvalue weighted by molar-refractivity contribution is 0.0781. The van der Waals surface area contributed by atoms with E-state index in [9.17, 15) is 4.79 Å². The Morgan fingerprint density at radius 3 is 2.87 bits per heavy atom. The van der Waals surface area contributed by atoms with E-state index in [-0.39, 0.29) is 5.91 Å². The number of carbonyl (C=O) groups is 1. The highest BCUT2D eigenvalue weighted by molar-refractivity contribution is 7.11. The summed E-state index contributed by atoms with van der Waals surface area (Å²) in [7, 11) is 1.86. The molecule has 1 aliphatic carbocycles. The van der Waals surface area contributed by atoms with Gasteiger partial charge in [-0.2, -0.15) is 0 Å². The van der Waals surface area contributed by atoms with Crippen LogP contribution in [0, 0.1) is 20.8 Å². The second-order valence-corrected chi connectivity index (χ2v) is 7.52. The summed E-state index contributed by atoms with van der Waals surface area (Å²) >= 11 is 1.80. The molecule has 6 heteroatoms. The molecule has 0 saturated heterocycles. The molecule has 5 nitrogen and oxygen atoms in total. The van der Waals surface area contributed by atoms with E-state index in [2.05, 4.69) is 16.9 Å². The molecule has 23 heavy (non-hydrogen) atoms. The van der Waals surface area contributed by atoms with Crippen molar-refractivity contribution in [2.75, 3.05) is 13.6 Å². The van der Waals surface area contributed by atoms with Crippen LogP contribution in [0.1, 0.15) is 56.2 Å². The first-order valence-corrected chi connectivity index (χ1v) is 8.79. The largest absolute Gasteiger partial charge is 0.341 e. The van der Waals surface area contributed by atoms with Crippen LogP contribution in [0.5, 0.6) is 0 Å². The minimum absolute atomic E-state index is 0.0124.